The summed E-state index contributed by atoms with van der Waals surface area (Å²) in [5, 5.41) is 0. The fourth-order valence-electron chi connectivity index (χ4n) is 4.19. The van der Waals surface area contributed by atoms with Gasteiger partial charge in [-0.3, -0.25) is 0 Å². The van der Waals surface area contributed by atoms with E-state index >= 15 is 0 Å². The smallest absolute Gasteiger partial charge is 0.344 e. The molecule has 0 heterocycles. The molecule has 0 spiro atoms. The van der Waals surface area contributed by atoms with E-state index in [9.17, 15) is 19.2 Å². The Kier molecular flexibility index (Phi) is 18.8. The van der Waals surface area contributed by atoms with Crippen molar-refractivity contribution in [3.63, 3.8) is 0 Å². The van der Waals surface area contributed by atoms with Crippen molar-refractivity contribution < 1.29 is 57.1 Å². The van der Waals surface area contributed by atoms with Gasteiger partial charge in [-0.1, -0.05) is 0 Å². The van der Waals surface area contributed by atoms with Crippen molar-refractivity contribution in [1.82, 2.24) is 0 Å². The van der Waals surface area contributed by atoms with Crippen LogP contribution in [-0.2, 0) is 38.1 Å². The Morgan fingerprint density at radius 2 is 0.519 bits per heavy atom. The average molecular weight is 1430 g/mol. The minimum absolute atomic E-state index is 0.300. The average Bonchev–Trinajstić information content (AvgIpc) is 2.94. The predicted molar refractivity (Wildman–Crippen MR) is 254 cm³/mol. The van der Waals surface area contributed by atoms with E-state index in [2.05, 4.69) is 136 Å². The van der Waals surface area contributed by atoms with E-state index in [1.165, 1.54) is 0 Å². The highest BCUT2D eigenvalue weighted by Crippen LogP contribution is 2.52. The van der Waals surface area contributed by atoms with E-state index in [4.69, 9.17) is 37.9 Å². The summed E-state index contributed by atoms with van der Waals surface area (Å²) in [6, 6.07) is 0. The maximum absolute atomic E-state index is 12.8. The molecule has 0 aliphatic rings. The Hall–Kier alpha value is -0.100. The lowest BCUT2D eigenvalue weighted by atomic mass is 10.0. The molecule has 0 aliphatic carbocycles. The van der Waals surface area contributed by atoms with Crippen LogP contribution in [0.3, 0.4) is 0 Å². The Morgan fingerprint density at radius 3 is 0.667 bits per heavy atom. The van der Waals surface area contributed by atoms with Gasteiger partial charge in [0.05, 0.1) is 21.4 Å². The summed E-state index contributed by atoms with van der Waals surface area (Å²) in [6.07, 6.45) is 0. The third-order valence-corrected chi connectivity index (χ3v) is 11.8. The van der Waals surface area contributed by atoms with Crippen LogP contribution in [0.5, 0.6) is 23.0 Å². The maximum atomic E-state index is 12.8. The lowest BCUT2D eigenvalue weighted by Gasteiger charge is -2.25. The molecule has 0 aromatic heterocycles. The molecular weight excluding hydrogens is 1390 g/mol. The molecule has 0 radical (unpaired) electrons. The molecule has 18 heteroatoms. The van der Waals surface area contributed by atoms with Crippen molar-refractivity contribution in [3.05, 3.63) is 21.4 Å². The van der Waals surface area contributed by atoms with Gasteiger partial charge in [0, 0.05) is 11.1 Å². The van der Waals surface area contributed by atoms with E-state index < -0.39 is 72.7 Å². The number of ether oxygens (including phenoxy) is 8. The van der Waals surface area contributed by atoms with Crippen molar-refractivity contribution in [1.29, 1.82) is 0 Å². The molecule has 0 saturated carbocycles. The van der Waals surface area contributed by atoms with Gasteiger partial charge < -0.3 is 37.9 Å². The summed E-state index contributed by atoms with van der Waals surface area (Å²) in [6.45, 7) is 19.5. The lowest BCUT2D eigenvalue weighted by molar-refractivity contribution is -0.158. The topological polar surface area (TPSA) is 142 Å². The fourth-order valence-corrected chi connectivity index (χ4v) is 12.8. The Morgan fingerprint density at radius 1 is 0.352 bits per heavy atom. The molecule has 0 fully saturated rings. The third kappa shape index (κ3) is 15.9. The first-order valence-corrected chi connectivity index (χ1v) is 22.7. The molecule has 302 valence electrons. The summed E-state index contributed by atoms with van der Waals surface area (Å²) >= 11 is 12.6. The Balaban J connectivity index is 2.93. The van der Waals surface area contributed by atoms with Crippen molar-refractivity contribution in [2.24, 2.45) is 0 Å². The van der Waals surface area contributed by atoms with Gasteiger partial charge >= 0.3 is 23.9 Å². The number of esters is 4. The summed E-state index contributed by atoms with van der Waals surface area (Å²) in [5.41, 5.74) is -1.78. The fraction of sp³-hybridized carbons (Fsp3) is 0.556. The van der Waals surface area contributed by atoms with E-state index in [1.807, 2.05) is 0 Å². The highest BCUT2D eigenvalue weighted by atomic mass is 127. The van der Waals surface area contributed by atoms with Gasteiger partial charge in [-0.2, -0.15) is 0 Å². The molecule has 2 rings (SSSR count). The molecule has 0 saturated heterocycles. The quantitative estimate of drug-likeness (QED) is 0.107. The summed E-state index contributed by atoms with van der Waals surface area (Å²) in [5.74, 6) is -1.13. The van der Waals surface area contributed by atoms with Gasteiger partial charge in [-0.05, 0) is 219 Å². The van der Waals surface area contributed by atoms with Gasteiger partial charge in [0.1, 0.15) is 22.4 Å². The van der Waals surface area contributed by atoms with Crippen molar-refractivity contribution in [2.45, 2.75) is 105 Å². The van der Waals surface area contributed by atoms with Gasteiger partial charge in [0.2, 0.25) is 0 Å². The number of hydrogen-bond acceptors (Lipinski definition) is 12. The molecule has 54 heavy (non-hydrogen) atoms. The molecule has 12 nitrogen and oxygen atoms in total. The number of carbonyl (C=O) groups is 4. The number of halogens is 6. The largest absolute Gasteiger partial charge is 0.480 e. The highest BCUT2D eigenvalue weighted by Gasteiger charge is 2.33. The zero-order valence-electron chi connectivity index (χ0n) is 32.0. The van der Waals surface area contributed by atoms with Crippen LogP contribution in [-0.4, -0.2) is 72.7 Å². The molecule has 2 aromatic carbocycles. The van der Waals surface area contributed by atoms with Crippen LogP contribution in [0, 0.1) is 21.4 Å². The van der Waals surface area contributed by atoms with E-state index in [-0.39, 0.29) is 0 Å². The predicted octanol–water partition coefficient (Wildman–Crippen LogP) is 9.86. The van der Waals surface area contributed by atoms with Crippen LogP contribution in [0.25, 0.3) is 11.1 Å². The van der Waals surface area contributed by atoms with E-state index in [1.54, 1.807) is 83.1 Å². The van der Waals surface area contributed by atoms with Gasteiger partial charge in [0.15, 0.2) is 49.4 Å². The Bertz CT molecular complexity index is 1500. The van der Waals surface area contributed by atoms with Crippen molar-refractivity contribution in [2.75, 3.05) is 26.4 Å². The molecule has 2 aromatic rings. The van der Waals surface area contributed by atoms with E-state index in [0.717, 1.165) is 0 Å². The normalized spacial score (nSPS) is 12.1. The first kappa shape index (κ1) is 50.0. The SMILES string of the molecule is CC(C)(C)OC(=O)COc1c(I)c(OCC(=O)OC(C)(C)C)c(I)c(-c2c(I)c(OCC(=O)OC(C)(C)C)c(I)c(OCC(=O)OC(C)(C)C)c2I)c1I. The number of hydrogen-bond donors (Lipinski definition) is 0. The summed E-state index contributed by atoms with van der Waals surface area (Å²) < 4.78 is 49.9. The molecule has 0 unspecified atom stereocenters. The van der Waals surface area contributed by atoms with Crippen LogP contribution in [0.2, 0.25) is 0 Å². The zero-order valence-corrected chi connectivity index (χ0v) is 44.9. The molecule has 0 amide bonds. The highest BCUT2D eigenvalue weighted by molar-refractivity contribution is 14.1. The van der Waals surface area contributed by atoms with Gasteiger partial charge in [-0.25, -0.2) is 19.2 Å². The first-order chi connectivity index (χ1) is 24.4. The van der Waals surface area contributed by atoms with Crippen LogP contribution >= 0.6 is 136 Å². The second-order valence-electron chi connectivity index (χ2n) is 15.5. The molecule has 0 bridgehead atoms. The molecule has 0 aliphatic heterocycles. The molecular formula is C36H44I6O12. The monoisotopic (exact) mass is 1430 g/mol. The minimum atomic E-state index is -0.738. The first-order valence-electron chi connectivity index (χ1n) is 16.2. The number of rotatable bonds is 13. The second kappa shape index (κ2) is 20.2. The summed E-state index contributed by atoms with van der Waals surface area (Å²) in [4.78, 5) is 51.3. The third-order valence-electron chi connectivity index (χ3n) is 5.74. The maximum Gasteiger partial charge on any atom is 0.344 e. The van der Waals surface area contributed by atoms with Crippen molar-refractivity contribution >= 4 is 159 Å². The lowest BCUT2D eigenvalue weighted by Crippen LogP contribution is -2.28. The number of carbonyl (C=O) groups excluding carboxylic acids is 4. The van der Waals surface area contributed by atoms with Crippen LogP contribution in [0.4, 0.5) is 0 Å². The number of benzene rings is 2. The molecule has 0 atom stereocenters. The molecule has 0 N–H and O–H groups in total. The van der Waals surface area contributed by atoms with Gasteiger partial charge in [0.25, 0.3) is 0 Å². The van der Waals surface area contributed by atoms with Gasteiger partial charge in [-0.15, -0.1) is 0 Å². The Labute approximate surface area is 398 Å². The van der Waals surface area contributed by atoms with Crippen molar-refractivity contribution in [3.8, 4) is 34.1 Å². The second-order valence-corrected chi connectivity index (χ2v) is 21.9. The minimum Gasteiger partial charge on any atom is -0.480 e. The standard InChI is InChI=1S/C36H44I6O12/c1-33(2,3)51-17(43)13-47-29-23(37)21(24(38)30(27(29)41)48-14-18(44)52-34(4,5)6)22-25(39)31(49-15-19(45)53-35(7,8)9)28(42)32(26(22)40)50-16-20(46)54-36(10,11)12/h13-16H2,1-12H3. The zero-order chi connectivity index (χ0) is 41.7. The van der Waals surface area contributed by atoms with Crippen LogP contribution in [0.15, 0.2) is 0 Å². The van der Waals surface area contributed by atoms with E-state index in [0.29, 0.717) is 55.5 Å². The van der Waals surface area contributed by atoms with Crippen LogP contribution < -0.4 is 18.9 Å². The van der Waals surface area contributed by atoms with Crippen LogP contribution in [0.1, 0.15) is 83.1 Å². The summed E-state index contributed by atoms with van der Waals surface area (Å²) in [7, 11) is 0.